The molecule has 0 spiro atoms. The van der Waals surface area contributed by atoms with Crippen LogP contribution in [-0.2, 0) is 90.2 Å². The Kier molecular flexibility index (Phi) is 24.2. The third-order valence-corrected chi connectivity index (χ3v) is 15.1. The number of nitrogens with zero attached hydrogens (tertiary/aromatic N) is 2. The Morgan fingerprint density at radius 1 is 0.644 bits per heavy atom. The summed E-state index contributed by atoms with van der Waals surface area (Å²) in [4.78, 5) is 139. The number of nitrogens with two attached hydrogens (primary N) is 2. The fraction of sp³-hybridized carbons (Fsp3) is 0.313. The summed E-state index contributed by atoms with van der Waals surface area (Å²) < 4.78 is 24.0. The van der Waals surface area contributed by atoms with E-state index >= 15 is 28.8 Å². The van der Waals surface area contributed by atoms with Gasteiger partial charge in [0.1, 0.15) is 56.2 Å². The van der Waals surface area contributed by atoms with Gasteiger partial charge in [-0.05, 0) is 83.5 Å². The van der Waals surface area contributed by atoms with E-state index in [4.69, 9.17) is 35.8 Å². The van der Waals surface area contributed by atoms with E-state index in [1.54, 1.807) is 152 Å². The number of guanidine groups is 1. The normalized spacial score (nSPS) is 14.5. The van der Waals surface area contributed by atoms with Crippen LogP contribution in [0, 0.1) is 17.2 Å². The minimum Gasteiger partial charge on any atom is -0.508 e. The smallest absolute Gasteiger partial charge is 0.418 e. The lowest BCUT2D eigenvalue weighted by atomic mass is 9.76. The summed E-state index contributed by atoms with van der Waals surface area (Å²) in [5.41, 5.74) is 9.58. The number of carboxylic acids is 1. The second kappa shape index (κ2) is 32.5. The van der Waals surface area contributed by atoms with E-state index in [1.165, 1.54) is 18.7 Å². The number of esters is 3. The molecule has 1 aliphatic rings. The van der Waals surface area contributed by atoms with Crippen molar-refractivity contribution in [3.63, 3.8) is 0 Å². The van der Waals surface area contributed by atoms with E-state index in [0.29, 0.717) is 40.7 Å². The van der Waals surface area contributed by atoms with E-state index in [2.05, 4.69) is 16.0 Å². The number of phenolic OH excluding ortho intramolecular Hbond substituents is 1. The monoisotopic (exact) mass is 1230 g/mol. The third-order valence-electron chi connectivity index (χ3n) is 15.1. The van der Waals surface area contributed by atoms with Gasteiger partial charge in [0.15, 0.2) is 5.96 Å². The van der Waals surface area contributed by atoms with Crippen LogP contribution in [0.4, 0.5) is 4.79 Å². The highest BCUT2D eigenvalue weighted by molar-refractivity contribution is 6.17. The zero-order chi connectivity index (χ0) is 64.7. The molecule has 472 valence electrons. The van der Waals surface area contributed by atoms with Gasteiger partial charge in [-0.3, -0.25) is 34.2 Å². The van der Waals surface area contributed by atoms with Crippen LogP contribution in [0.3, 0.4) is 0 Å². The second-order valence-corrected chi connectivity index (χ2v) is 21.9. The average Bonchev–Trinajstić information content (AvgIpc) is 1.22. The quantitative estimate of drug-likeness (QED) is 0.00691. The molecule has 10 N–H and O–H groups in total. The van der Waals surface area contributed by atoms with Crippen LogP contribution in [-0.4, -0.2) is 122 Å². The standard InChI is InChI=1S/C67H74N8O15/c1-43(2)55(72-58(78)56(51(61(81)82)38-44-20-8-3-9-21-44)73-57(77)53-31-19-37-74(53)59(79)52(68)30-18-36-71-65(69)70)60(80)75(66(86)90-42-48-28-16-7-17-29-48)67(63(84)88-40-46-24-12-5-13-25-46,64(85)89-41-47-26-14-6-15-27-47)54(49-32-34-50(76)35-33-49)62(83)87-39-45-22-10-4-11-23-45/h3-17,20-29,32-35,43,51-56,76H,18-19,30-31,36-42,68H2,1-2H3,(H,72,78)(H,73,77)(H,81,82)(H4,69,70,71)/t51?,52-,53+,54?,55-,56-/m0/s1. The molecule has 23 heteroatoms. The molecule has 0 saturated carbocycles. The van der Waals surface area contributed by atoms with E-state index in [1.807, 2.05) is 0 Å². The lowest BCUT2D eigenvalue weighted by Crippen LogP contribution is -2.72. The number of ether oxygens (including phenoxy) is 4. The van der Waals surface area contributed by atoms with Crippen molar-refractivity contribution in [2.75, 3.05) is 13.1 Å². The molecular weight excluding hydrogens is 1160 g/mol. The number of hydrogen-bond donors (Lipinski definition) is 8. The van der Waals surface area contributed by atoms with Crippen LogP contribution in [0.5, 0.6) is 5.75 Å². The van der Waals surface area contributed by atoms with Crippen LogP contribution in [0.15, 0.2) is 176 Å². The summed E-state index contributed by atoms with van der Waals surface area (Å²) in [6, 6.07) is 38.6. The molecule has 7 rings (SSSR count). The van der Waals surface area contributed by atoms with Crippen LogP contribution in [0.2, 0.25) is 0 Å². The summed E-state index contributed by atoms with van der Waals surface area (Å²) in [5, 5.41) is 37.0. The molecule has 6 aromatic carbocycles. The number of aliphatic carboxylic acids is 1. The van der Waals surface area contributed by atoms with Gasteiger partial charge in [-0.1, -0.05) is 178 Å². The first-order chi connectivity index (χ1) is 43.3. The van der Waals surface area contributed by atoms with Gasteiger partial charge in [0.05, 0.1) is 12.0 Å². The first-order valence-electron chi connectivity index (χ1n) is 29.3. The molecule has 0 aliphatic carbocycles. The molecule has 5 amide bonds. The molecule has 0 aromatic heterocycles. The number of hydrogen-bond acceptors (Lipinski definition) is 16. The Bertz CT molecular complexity index is 3360. The topological polar surface area (TPSA) is 349 Å². The van der Waals surface area contributed by atoms with Crippen molar-refractivity contribution >= 4 is 59.6 Å². The molecule has 1 heterocycles. The zero-order valence-corrected chi connectivity index (χ0v) is 49.8. The highest BCUT2D eigenvalue weighted by atomic mass is 16.6. The van der Waals surface area contributed by atoms with Crippen molar-refractivity contribution in [1.82, 2.24) is 25.8 Å². The van der Waals surface area contributed by atoms with Gasteiger partial charge in [0.2, 0.25) is 17.7 Å². The highest BCUT2D eigenvalue weighted by Gasteiger charge is 2.68. The van der Waals surface area contributed by atoms with Gasteiger partial charge in [-0.25, -0.2) is 19.3 Å². The fourth-order valence-corrected chi connectivity index (χ4v) is 10.4. The van der Waals surface area contributed by atoms with Gasteiger partial charge >= 0.3 is 30.0 Å². The first kappa shape index (κ1) is 67.1. The maximum absolute atomic E-state index is 16.5. The number of phenols is 1. The van der Waals surface area contributed by atoms with Crippen molar-refractivity contribution in [3.05, 3.63) is 209 Å². The predicted molar refractivity (Wildman–Crippen MR) is 328 cm³/mol. The Labute approximate surface area is 520 Å². The molecule has 1 saturated heterocycles. The summed E-state index contributed by atoms with van der Waals surface area (Å²) in [6.07, 6.45) is -1.28. The number of imide groups is 1. The molecule has 2 unspecified atom stereocenters. The molecule has 1 fully saturated rings. The maximum Gasteiger partial charge on any atom is 0.418 e. The summed E-state index contributed by atoms with van der Waals surface area (Å²) in [6.45, 7) is 0.724. The van der Waals surface area contributed by atoms with Crippen molar-refractivity contribution in [2.45, 2.75) is 108 Å². The second-order valence-electron chi connectivity index (χ2n) is 21.9. The van der Waals surface area contributed by atoms with Crippen LogP contribution < -0.4 is 27.4 Å². The Hall–Kier alpha value is -10.4. The average molecular weight is 1230 g/mol. The molecule has 0 bridgehead atoms. The molecule has 6 atom stereocenters. The van der Waals surface area contributed by atoms with Crippen molar-refractivity contribution in [2.24, 2.45) is 23.3 Å². The van der Waals surface area contributed by atoms with Gasteiger partial charge < -0.3 is 61.5 Å². The van der Waals surface area contributed by atoms with E-state index < -0.39 is 127 Å². The van der Waals surface area contributed by atoms with Crippen molar-refractivity contribution < 1.29 is 72.3 Å². The maximum atomic E-state index is 16.5. The van der Waals surface area contributed by atoms with E-state index in [9.17, 15) is 24.6 Å². The molecule has 23 nitrogen and oxygen atoms in total. The number of carboxylic acid groups (broad SMARTS) is 1. The highest BCUT2D eigenvalue weighted by Crippen LogP contribution is 2.41. The fourth-order valence-electron chi connectivity index (χ4n) is 10.4. The number of carbonyl (C=O) groups excluding carboxylic acids is 8. The first-order valence-corrected chi connectivity index (χ1v) is 29.3. The molecule has 1 aliphatic heterocycles. The van der Waals surface area contributed by atoms with Crippen LogP contribution in [0.25, 0.3) is 0 Å². The lowest BCUT2D eigenvalue weighted by molar-refractivity contribution is -0.186. The summed E-state index contributed by atoms with van der Waals surface area (Å²) in [5.74, 6) is -17.0. The third kappa shape index (κ3) is 17.6. The van der Waals surface area contributed by atoms with Crippen LogP contribution >= 0.6 is 0 Å². The number of benzene rings is 6. The molecule has 0 radical (unpaired) electrons. The minimum absolute atomic E-state index is 0.0660. The minimum atomic E-state index is -3.70. The van der Waals surface area contributed by atoms with E-state index in [0.717, 1.165) is 24.3 Å². The van der Waals surface area contributed by atoms with Gasteiger partial charge in [0, 0.05) is 13.1 Å². The number of nitrogens with one attached hydrogen (secondary N) is 4. The van der Waals surface area contributed by atoms with Crippen molar-refractivity contribution in [3.8, 4) is 5.75 Å². The van der Waals surface area contributed by atoms with Crippen LogP contribution in [0.1, 0.15) is 78.8 Å². The number of amides is 5. The molecule has 90 heavy (non-hydrogen) atoms. The van der Waals surface area contributed by atoms with E-state index in [-0.39, 0.29) is 54.5 Å². The molecular formula is C67H74N8O15. The number of likely N-dealkylation sites (tertiary alicyclic amines) is 1. The van der Waals surface area contributed by atoms with Crippen molar-refractivity contribution in [1.29, 1.82) is 5.41 Å². The summed E-state index contributed by atoms with van der Waals surface area (Å²) >= 11 is 0. The number of carbonyl (C=O) groups is 9. The predicted octanol–water partition coefficient (Wildman–Crippen LogP) is 5.76. The van der Waals surface area contributed by atoms with Gasteiger partial charge in [-0.15, -0.1) is 0 Å². The zero-order valence-electron chi connectivity index (χ0n) is 49.8. The number of rotatable bonds is 29. The largest absolute Gasteiger partial charge is 0.508 e. The van der Waals surface area contributed by atoms with Gasteiger partial charge in [0.25, 0.3) is 11.4 Å². The van der Waals surface area contributed by atoms with Gasteiger partial charge in [-0.2, -0.15) is 0 Å². The Morgan fingerprint density at radius 3 is 1.58 bits per heavy atom. The molecule has 6 aromatic rings. The summed E-state index contributed by atoms with van der Waals surface area (Å²) in [7, 11) is 0. The Balaban J connectivity index is 1.41. The SMILES string of the molecule is CC(C)[C@H](NC(=O)[C@@H](NC(=O)[C@H]1CCCN1C(=O)[C@@H](N)CCCNC(=N)N)C(Cc1ccccc1)C(=O)O)C(=O)N(C(=O)OCc1ccccc1)C(C(=O)OCc1ccccc1)(C(=O)OCc1ccccc1)C(C(=O)OCc1ccccc1)c1ccc(O)cc1. The lowest BCUT2D eigenvalue weighted by Gasteiger charge is -2.43. The number of aromatic hydroxyl groups is 1. The Morgan fingerprint density at radius 2 is 1.11 bits per heavy atom.